The first-order valence-electron chi connectivity index (χ1n) is 5.70. The number of carboxylic acid groups (broad SMARTS) is 1. The second-order valence-electron chi connectivity index (χ2n) is 4.38. The summed E-state index contributed by atoms with van der Waals surface area (Å²) in [6.07, 6.45) is 5.03. The van der Waals surface area contributed by atoms with E-state index in [-0.39, 0.29) is 5.92 Å². The fourth-order valence-electron chi connectivity index (χ4n) is 2.17. The summed E-state index contributed by atoms with van der Waals surface area (Å²) in [6.45, 7) is 2.24. The summed E-state index contributed by atoms with van der Waals surface area (Å²) >= 11 is 6.04. The molecule has 1 aliphatic rings. The van der Waals surface area contributed by atoms with Crippen molar-refractivity contribution in [2.45, 2.75) is 19.4 Å². The van der Waals surface area contributed by atoms with Crippen LogP contribution in [0, 0.1) is 5.92 Å². The second kappa shape index (κ2) is 5.47. The third-order valence-corrected chi connectivity index (χ3v) is 3.45. The van der Waals surface area contributed by atoms with Crippen LogP contribution in [0.5, 0.6) is 0 Å². The summed E-state index contributed by atoms with van der Waals surface area (Å²) in [5, 5.41) is 9.66. The molecular weight excluding hydrogens is 240 g/mol. The van der Waals surface area contributed by atoms with E-state index in [9.17, 15) is 4.79 Å². The first-order chi connectivity index (χ1) is 8.16. The molecule has 1 saturated heterocycles. The van der Waals surface area contributed by atoms with E-state index < -0.39 is 5.97 Å². The van der Waals surface area contributed by atoms with Crippen molar-refractivity contribution < 1.29 is 9.90 Å². The number of rotatable bonds is 3. The van der Waals surface area contributed by atoms with Gasteiger partial charge in [0, 0.05) is 25.5 Å². The Morgan fingerprint density at radius 3 is 3.18 bits per heavy atom. The van der Waals surface area contributed by atoms with Crippen LogP contribution in [0.1, 0.15) is 18.4 Å². The lowest BCUT2D eigenvalue weighted by atomic mass is 9.98. The largest absolute Gasteiger partial charge is 0.481 e. The number of carbonyl (C=O) groups is 1. The average Bonchev–Trinajstić information content (AvgIpc) is 2.32. The molecule has 1 atom stereocenters. The number of halogens is 1. The van der Waals surface area contributed by atoms with Gasteiger partial charge in [0.05, 0.1) is 10.9 Å². The fourth-order valence-corrected chi connectivity index (χ4v) is 2.35. The fraction of sp³-hybridized carbons (Fsp3) is 0.500. The van der Waals surface area contributed by atoms with Gasteiger partial charge in [0.15, 0.2) is 0 Å². The molecule has 0 bridgehead atoms. The molecule has 0 saturated carbocycles. The molecule has 92 valence electrons. The van der Waals surface area contributed by atoms with Gasteiger partial charge in [0.25, 0.3) is 0 Å². The molecule has 0 amide bonds. The Labute approximate surface area is 105 Å². The van der Waals surface area contributed by atoms with Crippen molar-refractivity contribution in [3.8, 4) is 0 Å². The minimum atomic E-state index is -0.699. The molecular formula is C12H15ClN2O2. The Bertz CT molecular complexity index is 411. The quantitative estimate of drug-likeness (QED) is 0.897. The number of hydrogen-bond acceptors (Lipinski definition) is 3. The van der Waals surface area contributed by atoms with E-state index in [0.29, 0.717) is 18.1 Å². The number of hydrogen-bond donors (Lipinski definition) is 1. The smallest absolute Gasteiger partial charge is 0.307 e. The minimum absolute atomic E-state index is 0.246. The zero-order chi connectivity index (χ0) is 12.3. The maximum Gasteiger partial charge on any atom is 0.307 e. The molecule has 4 nitrogen and oxygen atoms in total. The standard InChI is InChI=1S/C12H15ClN2O2/c13-11-6-14-4-3-9(11)7-15-5-1-2-10(8-15)12(16)17/h3-4,6,10H,1-2,5,7-8H2,(H,16,17). The normalized spacial score (nSPS) is 21.4. The van der Waals surface area contributed by atoms with E-state index >= 15 is 0 Å². The molecule has 1 aromatic rings. The SMILES string of the molecule is O=C(O)C1CCCN(Cc2ccncc2Cl)C1. The molecule has 0 aromatic carbocycles. The van der Waals surface area contributed by atoms with E-state index in [0.717, 1.165) is 24.9 Å². The van der Waals surface area contributed by atoms with Gasteiger partial charge in [-0.15, -0.1) is 0 Å². The maximum atomic E-state index is 11.0. The summed E-state index contributed by atoms with van der Waals surface area (Å²) < 4.78 is 0. The molecule has 1 N–H and O–H groups in total. The van der Waals surface area contributed by atoms with Gasteiger partial charge < -0.3 is 5.11 Å². The van der Waals surface area contributed by atoms with E-state index in [4.69, 9.17) is 16.7 Å². The lowest BCUT2D eigenvalue weighted by molar-refractivity contribution is -0.143. The van der Waals surface area contributed by atoms with E-state index in [1.807, 2.05) is 6.07 Å². The van der Waals surface area contributed by atoms with Crippen molar-refractivity contribution in [1.29, 1.82) is 0 Å². The lowest BCUT2D eigenvalue weighted by Crippen LogP contribution is -2.38. The van der Waals surface area contributed by atoms with Crippen LogP contribution in [0.2, 0.25) is 5.02 Å². The van der Waals surface area contributed by atoms with Crippen LogP contribution in [-0.2, 0) is 11.3 Å². The maximum absolute atomic E-state index is 11.0. The van der Waals surface area contributed by atoms with Gasteiger partial charge >= 0.3 is 5.97 Å². The van der Waals surface area contributed by atoms with Crippen molar-refractivity contribution in [2.24, 2.45) is 5.92 Å². The number of carboxylic acids is 1. The Hall–Kier alpha value is -1.13. The molecule has 0 radical (unpaired) electrons. The van der Waals surface area contributed by atoms with Crippen LogP contribution in [0.4, 0.5) is 0 Å². The molecule has 1 unspecified atom stereocenters. The Morgan fingerprint density at radius 2 is 2.47 bits per heavy atom. The number of piperidine rings is 1. The number of nitrogens with zero attached hydrogens (tertiary/aromatic N) is 2. The topological polar surface area (TPSA) is 53.4 Å². The van der Waals surface area contributed by atoms with Gasteiger partial charge in [0.2, 0.25) is 0 Å². The molecule has 0 aliphatic carbocycles. The van der Waals surface area contributed by atoms with Crippen molar-refractivity contribution in [3.63, 3.8) is 0 Å². The highest BCUT2D eigenvalue weighted by molar-refractivity contribution is 6.31. The van der Waals surface area contributed by atoms with Crippen LogP contribution in [0.25, 0.3) is 0 Å². The Kier molecular flexibility index (Phi) is 3.97. The molecule has 2 rings (SSSR count). The average molecular weight is 255 g/mol. The summed E-state index contributed by atoms with van der Waals surface area (Å²) in [6, 6.07) is 1.88. The Balaban J connectivity index is 1.99. The summed E-state index contributed by atoms with van der Waals surface area (Å²) in [5.74, 6) is -0.945. The van der Waals surface area contributed by atoms with Gasteiger partial charge in [-0.2, -0.15) is 0 Å². The van der Waals surface area contributed by atoms with Gasteiger partial charge in [-0.05, 0) is 31.0 Å². The molecule has 5 heteroatoms. The third kappa shape index (κ3) is 3.17. The molecule has 2 heterocycles. The molecule has 0 spiro atoms. The highest BCUT2D eigenvalue weighted by Crippen LogP contribution is 2.21. The van der Waals surface area contributed by atoms with E-state index in [1.165, 1.54) is 0 Å². The highest BCUT2D eigenvalue weighted by atomic mass is 35.5. The van der Waals surface area contributed by atoms with Crippen molar-refractivity contribution in [3.05, 3.63) is 29.0 Å². The number of aliphatic carboxylic acids is 1. The van der Waals surface area contributed by atoms with Crippen LogP contribution in [0.15, 0.2) is 18.5 Å². The highest BCUT2D eigenvalue weighted by Gasteiger charge is 2.25. The molecule has 17 heavy (non-hydrogen) atoms. The summed E-state index contributed by atoms with van der Waals surface area (Å²) in [7, 11) is 0. The van der Waals surface area contributed by atoms with Gasteiger partial charge in [-0.25, -0.2) is 0 Å². The third-order valence-electron chi connectivity index (χ3n) is 3.11. The number of likely N-dealkylation sites (tertiary alicyclic amines) is 1. The monoisotopic (exact) mass is 254 g/mol. The Morgan fingerprint density at radius 1 is 1.65 bits per heavy atom. The van der Waals surface area contributed by atoms with E-state index in [1.54, 1.807) is 12.4 Å². The molecule has 1 fully saturated rings. The predicted molar refractivity (Wildman–Crippen MR) is 64.9 cm³/mol. The van der Waals surface area contributed by atoms with Gasteiger partial charge in [-0.3, -0.25) is 14.7 Å². The first-order valence-corrected chi connectivity index (χ1v) is 6.08. The summed E-state index contributed by atoms with van der Waals surface area (Å²) in [4.78, 5) is 17.0. The second-order valence-corrected chi connectivity index (χ2v) is 4.79. The van der Waals surface area contributed by atoms with Crippen LogP contribution >= 0.6 is 11.6 Å². The minimum Gasteiger partial charge on any atom is -0.481 e. The van der Waals surface area contributed by atoms with Gasteiger partial charge in [0.1, 0.15) is 0 Å². The number of pyridine rings is 1. The van der Waals surface area contributed by atoms with Crippen molar-refractivity contribution >= 4 is 17.6 Å². The van der Waals surface area contributed by atoms with Crippen molar-refractivity contribution in [1.82, 2.24) is 9.88 Å². The molecule has 1 aromatic heterocycles. The zero-order valence-corrected chi connectivity index (χ0v) is 10.2. The van der Waals surface area contributed by atoms with Crippen LogP contribution < -0.4 is 0 Å². The van der Waals surface area contributed by atoms with Crippen molar-refractivity contribution in [2.75, 3.05) is 13.1 Å². The summed E-state index contributed by atoms with van der Waals surface area (Å²) in [5.41, 5.74) is 1.01. The zero-order valence-electron chi connectivity index (χ0n) is 9.47. The number of aromatic nitrogens is 1. The predicted octanol–water partition coefficient (Wildman–Crippen LogP) is 2.03. The van der Waals surface area contributed by atoms with Crippen LogP contribution in [-0.4, -0.2) is 34.0 Å². The lowest BCUT2D eigenvalue weighted by Gasteiger charge is -2.30. The first kappa shape index (κ1) is 12.3. The molecule has 1 aliphatic heterocycles. The van der Waals surface area contributed by atoms with E-state index in [2.05, 4.69) is 9.88 Å². The van der Waals surface area contributed by atoms with Gasteiger partial charge in [-0.1, -0.05) is 11.6 Å². The van der Waals surface area contributed by atoms with Crippen LogP contribution in [0.3, 0.4) is 0 Å².